The van der Waals surface area contributed by atoms with Crippen LogP contribution in [0.5, 0.6) is 0 Å². The van der Waals surface area contributed by atoms with Gasteiger partial charge in [0.2, 0.25) is 0 Å². The van der Waals surface area contributed by atoms with E-state index >= 15 is 0 Å². The number of benzene rings is 1. The average molecular weight is 402 g/mol. The molecular formula is C17H19Cl3N4O. The van der Waals surface area contributed by atoms with Crippen molar-refractivity contribution >= 4 is 47.3 Å². The quantitative estimate of drug-likeness (QED) is 0.826. The number of carbonyl (C=O) groups is 1. The van der Waals surface area contributed by atoms with Gasteiger partial charge >= 0.3 is 0 Å². The zero-order valence-corrected chi connectivity index (χ0v) is 15.8. The van der Waals surface area contributed by atoms with Gasteiger partial charge in [-0.05, 0) is 23.8 Å². The Labute approximate surface area is 163 Å². The van der Waals surface area contributed by atoms with E-state index in [2.05, 4.69) is 20.5 Å². The summed E-state index contributed by atoms with van der Waals surface area (Å²) in [5.41, 5.74) is 1.43. The topological polar surface area (TPSA) is 57.3 Å². The number of piperazine rings is 1. The van der Waals surface area contributed by atoms with Crippen molar-refractivity contribution in [1.29, 1.82) is 0 Å². The van der Waals surface area contributed by atoms with Crippen molar-refractivity contribution in [2.24, 2.45) is 0 Å². The molecule has 1 aromatic carbocycles. The molecule has 0 aliphatic carbocycles. The molecule has 0 bridgehead atoms. The molecule has 1 aliphatic heterocycles. The van der Waals surface area contributed by atoms with Crippen LogP contribution in [0.15, 0.2) is 36.5 Å². The molecule has 0 saturated carbocycles. The van der Waals surface area contributed by atoms with Crippen molar-refractivity contribution in [3.05, 3.63) is 57.7 Å². The highest BCUT2D eigenvalue weighted by Crippen LogP contribution is 2.24. The molecule has 0 spiro atoms. The van der Waals surface area contributed by atoms with Crippen LogP contribution in [0.1, 0.15) is 15.9 Å². The van der Waals surface area contributed by atoms with Crippen LogP contribution in [0.2, 0.25) is 10.0 Å². The van der Waals surface area contributed by atoms with Crippen LogP contribution in [-0.2, 0) is 6.54 Å². The summed E-state index contributed by atoms with van der Waals surface area (Å²) in [4.78, 5) is 18.8. The zero-order valence-electron chi connectivity index (χ0n) is 13.5. The molecule has 2 N–H and O–H groups in total. The van der Waals surface area contributed by atoms with Gasteiger partial charge in [-0.25, -0.2) is 4.98 Å². The molecule has 3 rings (SSSR count). The average Bonchev–Trinajstić information content (AvgIpc) is 2.61. The molecule has 0 atom stereocenters. The lowest BCUT2D eigenvalue weighted by Crippen LogP contribution is -2.44. The number of nitrogens with zero attached hydrogens (tertiary/aromatic N) is 2. The van der Waals surface area contributed by atoms with Crippen molar-refractivity contribution < 1.29 is 4.79 Å². The van der Waals surface area contributed by atoms with E-state index in [1.165, 1.54) is 0 Å². The molecule has 0 unspecified atom stereocenters. The van der Waals surface area contributed by atoms with Gasteiger partial charge in [0.25, 0.3) is 5.91 Å². The Morgan fingerprint density at radius 2 is 1.88 bits per heavy atom. The van der Waals surface area contributed by atoms with Gasteiger partial charge in [-0.15, -0.1) is 12.4 Å². The van der Waals surface area contributed by atoms with Crippen LogP contribution in [0, 0.1) is 0 Å². The van der Waals surface area contributed by atoms with Gasteiger partial charge in [0.05, 0.1) is 10.6 Å². The molecule has 1 amide bonds. The molecule has 1 saturated heterocycles. The van der Waals surface area contributed by atoms with Crippen LogP contribution < -0.4 is 15.5 Å². The second kappa shape index (κ2) is 9.25. The summed E-state index contributed by atoms with van der Waals surface area (Å²) in [6.07, 6.45) is 1.57. The highest BCUT2D eigenvalue weighted by Gasteiger charge is 2.16. The Balaban J connectivity index is 0.00000225. The minimum absolute atomic E-state index is 0. The highest BCUT2D eigenvalue weighted by atomic mass is 35.5. The monoisotopic (exact) mass is 400 g/mol. The third-order valence-electron chi connectivity index (χ3n) is 3.87. The molecule has 1 fully saturated rings. The van der Waals surface area contributed by atoms with Gasteiger partial charge in [-0.3, -0.25) is 4.79 Å². The number of aromatic nitrogens is 1. The van der Waals surface area contributed by atoms with Gasteiger partial charge in [0.1, 0.15) is 5.82 Å². The number of halogens is 3. The van der Waals surface area contributed by atoms with Gasteiger partial charge in [-0.2, -0.15) is 0 Å². The summed E-state index contributed by atoms with van der Waals surface area (Å²) in [5.74, 6) is 0.527. The number of amides is 1. The lowest BCUT2D eigenvalue weighted by molar-refractivity contribution is 0.0950. The summed E-state index contributed by atoms with van der Waals surface area (Å²) in [7, 11) is 0. The van der Waals surface area contributed by atoms with E-state index in [-0.39, 0.29) is 18.3 Å². The van der Waals surface area contributed by atoms with Crippen molar-refractivity contribution in [1.82, 2.24) is 15.6 Å². The van der Waals surface area contributed by atoms with Crippen molar-refractivity contribution in [3.8, 4) is 0 Å². The third kappa shape index (κ3) is 5.22. The van der Waals surface area contributed by atoms with Crippen molar-refractivity contribution in [2.45, 2.75) is 6.54 Å². The molecule has 1 aromatic heterocycles. The van der Waals surface area contributed by atoms with E-state index in [4.69, 9.17) is 23.2 Å². The Morgan fingerprint density at radius 3 is 2.52 bits per heavy atom. The lowest BCUT2D eigenvalue weighted by atomic mass is 10.2. The number of nitrogens with one attached hydrogen (secondary N) is 2. The Hall–Kier alpha value is -1.53. The maximum atomic E-state index is 12.3. The third-order valence-corrected chi connectivity index (χ3v) is 4.40. The van der Waals surface area contributed by atoms with Crippen LogP contribution in [0.3, 0.4) is 0 Å². The second-order valence-electron chi connectivity index (χ2n) is 5.58. The summed E-state index contributed by atoms with van der Waals surface area (Å²) in [6, 6.07) is 9.01. The molecule has 8 heteroatoms. The normalized spacial score (nSPS) is 13.9. The maximum Gasteiger partial charge on any atom is 0.253 e. The minimum atomic E-state index is -0.203. The summed E-state index contributed by atoms with van der Waals surface area (Å²) < 4.78 is 0. The Morgan fingerprint density at radius 1 is 1.20 bits per heavy atom. The van der Waals surface area contributed by atoms with Crippen LogP contribution in [0.25, 0.3) is 0 Å². The first-order chi connectivity index (χ1) is 11.6. The zero-order chi connectivity index (χ0) is 16.9. The fourth-order valence-corrected chi connectivity index (χ4v) is 2.96. The lowest BCUT2D eigenvalue weighted by Gasteiger charge is -2.29. The molecule has 2 heterocycles. The van der Waals surface area contributed by atoms with Gasteiger partial charge in [-0.1, -0.05) is 35.3 Å². The highest BCUT2D eigenvalue weighted by molar-refractivity contribution is 6.33. The van der Waals surface area contributed by atoms with Crippen LogP contribution in [-0.4, -0.2) is 37.1 Å². The van der Waals surface area contributed by atoms with Crippen LogP contribution >= 0.6 is 35.6 Å². The van der Waals surface area contributed by atoms with E-state index in [0.29, 0.717) is 22.2 Å². The number of hydrogen-bond acceptors (Lipinski definition) is 4. The maximum absolute atomic E-state index is 12.3. The molecule has 1 aliphatic rings. The minimum Gasteiger partial charge on any atom is -0.353 e. The number of carbonyl (C=O) groups excluding carboxylic acids is 1. The van der Waals surface area contributed by atoms with Gasteiger partial charge in [0.15, 0.2) is 0 Å². The smallest absolute Gasteiger partial charge is 0.253 e. The summed E-state index contributed by atoms with van der Waals surface area (Å²) >= 11 is 12.2. The standard InChI is InChI=1S/C17H18Cl2N4O.ClH/c18-14-3-1-12(2-4-14)10-22-17(24)13-9-15(19)16(21-11-13)23-7-5-20-6-8-23;/h1-4,9,11,20H,5-8,10H2,(H,22,24);1H. The number of rotatable bonds is 4. The van der Waals surface area contributed by atoms with Crippen LogP contribution in [0.4, 0.5) is 5.82 Å². The first-order valence-corrected chi connectivity index (χ1v) is 8.53. The van der Waals surface area contributed by atoms with E-state index in [0.717, 1.165) is 37.6 Å². The Bertz CT molecular complexity index is 718. The van der Waals surface area contributed by atoms with E-state index in [1.807, 2.05) is 12.1 Å². The molecule has 134 valence electrons. The van der Waals surface area contributed by atoms with E-state index in [1.54, 1.807) is 24.4 Å². The first-order valence-electron chi connectivity index (χ1n) is 7.77. The van der Waals surface area contributed by atoms with E-state index in [9.17, 15) is 4.79 Å². The van der Waals surface area contributed by atoms with Gasteiger partial charge < -0.3 is 15.5 Å². The fourth-order valence-electron chi connectivity index (χ4n) is 2.55. The second-order valence-corrected chi connectivity index (χ2v) is 6.42. The predicted molar refractivity (Wildman–Crippen MR) is 104 cm³/mol. The molecule has 0 radical (unpaired) electrons. The van der Waals surface area contributed by atoms with Crippen molar-refractivity contribution in [2.75, 3.05) is 31.1 Å². The molecule has 5 nitrogen and oxygen atoms in total. The summed E-state index contributed by atoms with van der Waals surface area (Å²) in [6.45, 7) is 3.94. The summed E-state index contributed by atoms with van der Waals surface area (Å²) in [5, 5.41) is 7.31. The van der Waals surface area contributed by atoms with E-state index < -0.39 is 0 Å². The first kappa shape index (κ1) is 19.8. The number of hydrogen-bond donors (Lipinski definition) is 2. The number of anilines is 1. The molecule has 2 aromatic rings. The molecular weight excluding hydrogens is 383 g/mol. The predicted octanol–water partition coefficient (Wildman–Crippen LogP) is 3.15. The van der Waals surface area contributed by atoms with Crippen molar-refractivity contribution in [3.63, 3.8) is 0 Å². The largest absolute Gasteiger partial charge is 0.353 e. The Kier molecular flexibility index (Phi) is 7.32. The molecule has 25 heavy (non-hydrogen) atoms. The van der Waals surface area contributed by atoms with Gasteiger partial charge in [0, 0.05) is 43.9 Å². The SMILES string of the molecule is Cl.O=C(NCc1ccc(Cl)cc1)c1cnc(N2CCNCC2)c(Cl)c1. The number of pyridine rings is 1. The fraction of sp³-hybridized carbons (Fsp3) is 0.294.